The zero-order valence-corrected chi connectivity index (χ0v) is 11.9. The van der Waals surface area contributed by atoms with Crippen molar-refractivity contribution >= 4 is 15.9 Å². The van der Waals surface area contributed by atoms with E-state index in [2.05, 4.69) is 21.0 Å². The summed E-state index contributed by atoms with van der Waals surface area (Å²) in [6, 6.07) is 6.58. The summed E-state index contributed by atoms with van der Waals surface area (Å²) in [5.74, 6) is -0.122. The van der Waals surface area contributed by atoms with Crippen molar-refractivity contribution in [2.75, 3.05) is 0 Å². The lowest BCUT2D eigenvalue weighted by Crippen LogP contribution is -2.06. The lowest BCUT2D eigenvalue weighted by molar-refractivity contribution is 0.278. The maximum Gasteiger partial charge on any atom is 0.165 e. The van der Waals surface area contributed by atoms with E-state index in [1.165, 1.54) is 6.07 Å². The van der Waals surface area contributed by atoms with E-state index in [1.807, 2.05) is 24.6 Å². The van der Waals surface area contributed by atoms with Gasteiger partial charge in [-0.1, -0.05) is 15.9 Å². The minimum atomic E-state index is -0.363. The number of ether oxygens (including phenoxy) is 1. The van der Waals surface area contributed by atoms with E-state index in [0.29, 0.717) is 6.61 Å². The lowest BCUT2D eigenvalue weighted by Gasteiger charge is -2.08. The van der Waals surface area contributed by atoms with Crippen molar-refractivity contribution in [1.82, 2.24) is 9.78 Å². The molecule has 0 aliphatic rings. The minimum absolute atomic E-state index is 0.242. The summed E-state index contributed by atoms with van der Waals surface area (Å²) in [4.78, 5) is 0. The van der Waals surface area contributed by atoms with Crippen LogP contribution in [-0.2, 0) is 13.2 Å². The van der Waals surface area contributed by atoms with Crippen LogP contribution in [0.1, 0.15) is 18.3 Å². The SMILES string of the molecule is CCn1nc(C)cc1COc1cc(Br)ccc1F. The van der Waals surface area contributed by atoms with Crippen molar-refractivity contribution in [2.45, 2.75) is 27.0 Å². The Kier molecular flexibility index (Phi) is 4.01. The van der Waals surface area contributed by atoms with Crippen LogP contribution in [0.25, 0.3) is 0 Å². The van der Waals surface area contributed by atoms with Gasteiger partial charge in [0.2, 0.25) is 0 Å². The van der Waals surface area contributed by atoms with Crippen LogP contribution in [0.5, 0.6) is 5.75 Å². The third-order valence-corrected chi connectivity index (χ3v) is 3.05. The summed E-state index contributed by atoms with van der Waals surface area (Å²) in [6.45, 7) is 5.01. The summed E-state index contributed by atoms with van der Waals surface area (Å²) >= 11 is 3.29. The molecule has 18 heavy (non-hydrogen) atoms. The molecule has 2 aromatic rings. The molecule has 0 amide bonds. The summed E-state index contributed by atoms with van der Waals surface area (Å²) in [5.41, 5.74) is 1.87. The first-order valence-electron chi connectivity index (χ1n) is 5.71. The van der Waals surface area contributed by atoms with Crippen molar-refractivity contribution in [1.29, 1.82) is 0 Å². The van der Waals surface area contributed by atoms with Gasteiger partial charge in [-0.3, -0.25) is 4.68 Å². The third kappa shape index (κ3) is 2.90. The van der Waals surface area contributed by atoms with Crippen molar-refractivity contribution in [2.24, 2.45) is 0 Å². The molecule has 96 valence electrons. The highest BCUT2D eigenvalue weighted by Gasteiger charge is 2.08. The Labute approximate surface area is 114 Å². The number of hydrogen-bond acceptors (Lipinski definition) is 2. The van der Waals surface area contributed by atoms with Crippen LogP contribution in [0, 0.1) is 12.7 Å². The van der Waals surface area contributed by atoms with E-state index in [1.54, 1.807) is 12.1 Å². The summed E-state index contributed by atoms with van der Waals surface area (Å²) < 4.78 is 21.6. The number of aromatic nitrogens is 2. The molecule has 0 atom stereocenters. The van der Waals surface area contributed by atoms with Gasteiger partial charge < -0.3 is 4.74 Å². The monoisotopic (exact) mass is 312 g/mol. The summed E-state index contributed by atoms with van der Waals surface area (Å²) in [7, 11) is 0. The first-order valence-corrected chi connectivity index (χ1v) is 6.50. The van der Waals surface area contributed by atoms with E-state index in [4.69, 9.17) is 4.74 Å². The Hall–Kier alpha value is -1.36. The van der Waals surface area contributed by atoms with Gasteiger partial charge in [0, 0.05) is 11.0 Å². The molecule has 1 aromatic carbocycles. The van der Waals surface area contributed by atoms with Gasteiger partial charge in [-0.2, -0.15) is 5.10 Å². The molecule has 0 fully saturated rings. The molecule has 1 heterocycles. The summed E-state index contributed by atoms with van der Waals surface area (Å²) in [5, 5.41) is 4.32. The number of nitrogens with zero attached hydrogens (tertiary/aromatic N) is 2. The molecule has 0 spiro atoms. The fraction of sp³-hybridized carbons (Fsp3) is 0.308. The van der Waals surface area contributed by atoms with Crippen LogP contribution in [0.2, 0.25) is 0 Å². The van der Waals surface area contributed by atoms with Gasteiger partial charge in [0.1, 0.15) is 6.61 Å². The number of hydrogen-bond donors (Lipinski definition) is 0. The van der Waals surface area contributed by atoms with Crippen LogP contribution in [0.3, 0.4) is 0 Å². The van der Waals surface area contributed by atoms with E-state index >= 15 is 0 Å². The topological polar surface area (TPSA) is 27.1 Å². The highest BCUT2D eigenvalue weighted by Crippen LogP contribution is 2.23. The first-order chi connectivity index (χ1) is 8.60. The maximum absolute atomic E-state index is 13.5. The second kappa shape index (κ2) is 5.52. The van der Waals surface area contributed by atoms with E-state index in [-0.39, 0.29) is 11.6 Å². The zero-order chi connectivity index (χ0) is 13.1. The van der Waals surface area contributed by atoms with Crippen LogP contribution in [-0.4, -0.2) is 9.78 Å². The predicted octanol–water partition coefficient (Wildman–Crippen LogP) is 3.69. The smallest absolute Gasteiger partial charge is 0.165 e. The molecule has 2 rings (SSSR count). The minimum Gasteiger partial charge on any atom is -0.484 e. The van der Waals surface area contributed by atoms with E-state index in [9.17, 15) is 4.39 Å². The second-order valence-electron chi connectivity index (χ2n) is 3.96. The van der Waals surface area contributed by atoms with Crippen molar-refractivity contribution in [3.05, 3.63) is 45.9 Å². The Morgan fingerprint density at radius 1 is 1.39 bits per heavy atom. The number of rotatable bonds is 4. The van der Waals surface area contributed by atoms with Crippen LogP contribution in [0.15, 0.2) is 28.7 Å². The standard InChI is InChI=1S/C13H14BrFN2O/c1-3-17-11(6-9(2)16-17)8-18-13-7-10(14)4-5-12(13)15/h4-7H,3,8H2,1-2H3. The van der Waals surface area contributed by atoms with Gasteiger partial charge in [0.25, 0.3) is 0 Å². The summed E-state index contributed by atoms with van der Waals surface area (Å²) in [6.07, 6.45) is 0. The van der Waals surface area contributed by atoms with Crippen LogP contribution in [0.4, 0.5) is 4.39 Å². The van der Waals surface area contributed by atoms with E-state index in [0.717, 1.165) is 22.4 Å². The fourth-order valence-corrected chi connectivity index (χ4v) is 2.07. The van der Waals surface area contributed by atoms with E-state index < -0.39 is 0 Å². The maximum atomic E-state index is 13.5. The molecule has 0 saturated heterocycles. The average Bonchev–Trinajstić information content (AvgIpc) is 2.71. The molecule has 0 aliphatic heterocycles. The normalized spacial score (nSPS) is 10.7. The second-order valence-corrected chi connectivity index (χ2v) is 4.87. The Bertz CT molecular complexity index is 554. The van der Waals surface area contributed by atoms with Crippen LogP contribution >= 0.6 is 15.9 Å². The predicted molar refractivity (Wildman–Crippen MR) is 71.1 cm³/mol. The number of benzene rings is 1. The molecule has 0 saturated carbocycles. The molecule has 0 N–H and O–H groups in total. The molecule has 5 heteroatoms. The van der Waals surface area contributed by atoms with Gasteiger partial charge in [-0.15, -0.1) is 0 Å². The lowest BCUT2D eigenvalue weighted by atomic mass is 10.3. The largest absolute Gasteiger partial charge is 0.484 e. The first kappa shape index (κ1) is 13.1. The van der Waals surface area contributed by atoms with Crippen LogP contribution < -0.4 is 4.74 Å². The molecule has 1 aromatic heterocycles. The van der Waals surface area contributed by atoms with Crippen molar-refractivity contribution in [3.63, 3.8) is 0 Å². The van der Waals surface area contributed by atoms with Gasteiger partial charge in [0.15, 0.2) is 11.6 Å². The quantitative estimate of drug-likeness (QED) is 0.861. The Morgan fingerprint density at radius 3 is 2.89 bits per heavy atom. The molecule has 0 unspecified atom stereocenters. The molecular formula is C13H14BrFN2O. The Balaban J connectivity index is 2.13. The van der Waals surface area contributed by atoms with Gasteiger partial charge in [0.05, 0.1) is 11.4 Å². The molecule has 0 bridgehead atoms. The average molecular weight is 313 g/mol. The fourth-order valence-electron chi connectivity index (χ4n) is 1.73. The number of aryl methyl sites for hydroxylation is 2. The number of halogens is 2. The highest BCUT2D eigenvalue weighted by atomic mass is 79.9. The van der Waals surface area contributed by atoms with Crippen molar-refractivity contribution in [3.8, 4) is 5.75 Å². The molecular weight excluding hydrogens is 299 g/mol. The molecule has 3 nitrogen and oxygen atoms in total. The van der Waals surface area contributed by atoms with Gasteiger partial charge in [-0.25, -0.2) is 4.39 Å². The van der Waals surface area contributed by atoms with Gasteiger partial charge >= 0.3 is 0 Å². The third-order valence-electron chi connectivity index (χ3n) is 2.55. The highest BCUT2D eigenvalue weighted by molar-refractivity contribution is 9.10. The molecule has 0 aliphatic carbocycles. The van der Waals surface area contributed by atoms with Gasteiger partial charge in [-0.05, 0) is 38.1 Å². The molecule has 0 radical (unpaired) electrons. The Morgan fingerprint density at radius 2 is 2.17 bits per heavy atom. The van der Waals surface area contributed by atoms with Crippen molar-refractivity contribution < 1.29 is 9.13 Å². The zero-order valence-electron chi connectivity index (χ0n) is 10.3.